The molecule has 0 amide bonds. The molecule has 2 fully saturated rings. The third-order valence-electron chi connectivity index (χ3n) is 4.58. The fourth-order valence-electron chi connectivity index (χ4n) is 3.13. The Bertz CT molecular complexity index is 223. The van der Waals surface area contributed by atoms with Crippen LogP contribution < -0.4 is 5.73 Å². The molecule has 4 heteroatoms. The smallest absolute Gasteiger partial charge is 0.0594 e. The number of ether oxygens (including phenoxy) is 1. The first-order chi connectivity index (χ1) is 8.27. The van der Waals surface area contributed by atoms with Crippen molar-refractivity contribution < 1.29 is 4.74 Å². The number of nitrogens with two attached hydrogens (primary N) is 1. The molecular weight excluding hydrogens is 214 g/mol. The van der Waals surface area contributed by atoms with Gasteiger partial charge < -0.3 is 10.5 Å². The number of nitrogens with zero attached hydrogens (tertiary/aromatic N) is 2. The van der Waals surface area contributed by atoms with E-state index in [2.05, 4.69) is 16.8 Å². The number of morpholine rings is 1. The highest BCUT2D eigenvalue weighted by molar-refractivity contribution is 4.94. The standard InChI is InChI=1S/C13H27N3O/c1-15(13(12-14)4-2-3-5-13)6-7-16-8-10-17-11-9-16/h2-12,14H2,1H3. The molecule has 0 aromatic carbocycles. The maximum absolute atomic E-state index is 6.00. The van der Waals surface area contributed by atoms with Crippen molar-refractivity contribution in [1.29, 1.82) is 0 Å². The Morgan fingerprint density at radius 3 is 2.47 bits per heavy atom. The van der Waals surface area contributed by atoms with Crippen LogP contribution in [0.1, 0.15) is 25.7 Å². The number of likely N-dealkylation sites (N-methyl/N-ethyl adjacent to an activating group) is 1. The van der Waals surface area contributed by atoms with E-state index in [0.717, 1.165) is 45.9 Å². The largest absolute Gasteiger partial charge is 0.379 e. The van der Waals surface area contributed by atoms with Crippen molar-refractivity contribution in [3.05, 3.63) is 0 Å². The molecule has 1 saturated heterocycles. The molecule has 2 aliphatic rings. The van der Waals surface area contributed by atoms with Gasteiger partial charge in [-0.05, 0) is 19.9 Å². The lowest BCUT2D eigenvalue weighted by molar-refractivity contribution is 0.0271. The molecule has 0 aromatic rings. The normalized spacial score (nSPS) is 25.6. The van der Waals surface area contributed by atoms with Crippen molar-refractivity contribution in [2.45, 2.75) is 31.2 Å². The van der Waals surface area contributed by atoms with Crippen molar-refractivity contribution in [2.75, 3.05) is 53.0 Å². The van der Waals surface area contributed by atoms with Crippen LogP contribution >= 0.6 is 0 Å². The molecule has 0 unspecified atom stereocenters. The Kier molecular flexibility index (Phi) is 4.79. The molecule has 4 nitrogen and oxygen atoms in total. The molecule has 2 rings (SSSR count). The Hall–Kier alpha value is -0.160. The van der Waals surface area contributed by atoms with Gasteiger partial charge in [0.05, 0.1) is 13.2 Å². The Morgan fingerprint density at radius 1 is 1.24 bits per heavy atom. The summed E-state index contributed by atoms with van der Waals surface area (Å²) < 4.78 is 5.37. The molecule has 1 aliphatic heterocycles. The van der Waals surface area contributed by atoms with Crippen LogP contribution in [0.3, 0.4) is 0 Å². The summed E-state index contributed by atoms with van der Waals surface area (Å²) in [5.74, 6) is 0. The van der Waals surface area contributed by atoms with Crippen molar-refractivity contribution in [1.82, 2.24) is 9.80 Å². The maximum Gasteiger partial charge on any atom is 0.0594 e. The van der Waals surface area contributed by atoms with Gasteiger partial charge in [-0.15, -0.1) is 0 Å². The van der Waals surface area contributed by atoms with Gasteiger partial charge in [0.2, 0.25) is 0 Å². The molecule has 1 heterocycles. The SMILES string of the molecule is CN(CCN1CCOCC1)C1(CN)CCCC1. The highest BCUT2D eigenvalue weighted by atomic mass is 16.5. The van der Waals surface area contributed by atoms with Crippen molar-refractivity contribution in [2.24, 2.45) is 5.73 Å². The molecule has 100 valence electrons. The van der Waals surface area contributed by atoms with Gasteiger partial charge in [-0.1, -0.05) is 12.8 Å². The Morgan fingerprint density at radius 2 is 1.88 bits per heavy atom. The zero-order valence-corrected chi connectivity index (χ0v) is 11.2. The predicted molar refractivity (Wildman–Crippen MR) is 70.1 cm³/mol. The summed E-state index contributed by atoms with van der Waals surface area (Å²) in [5, 5.41) is 0. The molecule has 1 aliphatic carbocycles. The van der Waals surface area contributed by atoms with Gasteiger partial charge in [0, 0.05) is 38.3 Å². The summed E-state index contributed by atoms with van der Waals surface area (Å²) in [6.07, 6.45) is 5.25. The number of rotatable bonds is 5. The third kappa shape index (κ3) is 3.19. The molecule has 0 spiro atoms. The van der Waals surface area contributed by atoms with Gasteiger partial charge in [-0.2, -0.15) is 0 Å². The van der Waals surface area contributed by atoms with E-state index >= 15 is 0 Å². The number of hydrogen-bond donors (Lipinski definition) is 1. The predicted octanol–water partition coefficient (Wildman–Crippen LogP) is 0.522. The third-order valence-corrected chi connectivity index (χ3v) is 4.58. The molecule has 0 atom stereocenters. The topological polar surface area (TPSA) is 41.7 Å². The van der Waals surface area contributed by atoms with Gasteiger partial charge in [-0.3, -0.25) is 9.80 Å². The quantitative estimate of drug-likeness (QED) is 0.762. The molecule has 0 bridgehead atoms. The van der Waals surface area contributed by atoms with E-state index in [-0.39, 0.29) is 0 Å². The van der Waals surface area contributed by atoms with Gasteiger partial charge in [-0.25, -0.2) is 0 Å². The fraction of sp³-hybridized carbons (Fsp3) is 1.00. The maximum atomic E-state index is 6.00. The lowest BCUT2D eigenvalue weighted by atomic mass is 9.96. The monoisotopic (exact) mass is 241 g/mol. The molecular formula is C13H27N3O. The second-order valence-electron chi connectivity index (χ2n) is 5.51. The highest BCUT2D eigenvalue weighted by Crippen LogP contribution is 2.33. The lowest BCUT2D eigenvalue weighted by Crippen LogP contribution is -2.52. The minimum absolute atomic E-state index is 0.298. The van der Waals surface area contributed by atoms with Gasteiger partial charge in [0.15, 0.2) is 0 Å². The van der Waals surface area contributed by atoms with Crippen LogP contribution in [-0.4, -0.2) is 68.3 Å². The summed E-state index contributed by atoms with van der Waals surface area (Å²) in [6.45, 7) is 7.07. The summed E-state index contributed by atoms with van der Waals surface area (Å²) in [4.78, 5) is 5.01. The van der Waals surface area contributed by atoms with Crippen LogP contribution in [0.4, 0.5) is 0 Å². The van der Waals surface area contributed by atoms with Crippen LogP contribution in [0.5, 0.6) is 0 Å². The zero-order valence-electron chi connectivity index (χ0n) is 11.2. The van der Waals surface area contributed by atoms with E-state index in [1.54, 1.807) is 0 Å². The molecule has 17 heavy (non-hydrogen) atoms. The van der Waals surface area contributed by atoms with E-state index in [0.29, 0.717) is 5.54 Å². The highest BCUT2D eigenvalue weighted by Gasteiger charge is 2.36. The molecule has 0 radical (unpaired) electrons. The molecule has 1 saturated carbocycles. The Labute approximate surface area is 105 Å². The van der Waals surface area contributed by atoms with E-state index in [1.807, 2.05) is 0 Å². The van der Waals surface area contributed by atoms with Crippen molar-refractivity contribution >= 4 is 0 Å². The second-order valence-corrected chi connectivity index (χ2v) is 5.51. The van der Waals surface area contributed by atoms with Crippen LogP contribution in [-0.2, 0) is 4.74 Å². The average molecular weight is 241 g/mol. The summed E-state index contributed by atoms with van der Waals surface area (Å²) in [5.41, 5.74) is 6.30. The van der Waals surface area contributed by atoms with Crippen LogP contribution in [0.25, 0.3) is 0 Å². The first-order valence-corrected chi connectivity index (χ1v) is 6.98. The second kappa shape index (κ2) is 6.14. The van der Waals surface area contributed by atoms with Crippen LogP contribution in [0.15, 0.2) is 0 Å². The van der Waals surface area contributed by atoms with Crippen molar-refractivity contribution in [3.8, 4) is 0 Å². The van der Waals surface area contributed by atoms with Gasteiger partial charge in [0.25, 0.3) is 0 Å². The van der Waals surface area contributed by atoms with E-state index < -0.39 is 0 Å². The van der Waals surface area contributed by atoms with Crippen LogP contribution in [0.2, 0.25) is 0 Å². The zero-order chi connectivity index (χ0) is 12.1. The average Bonchev–Trinajstić information content (AvgIpc) is 2.87. The summed E-state index contributed by atoms with van der Waals surface area (Å²) in [6, 6.07) is 0. The minimum atomic E-state index is 0.298. The van der Waals surface area contributed by atoms with Gasteiger partial charge in [0.1, 0.15) is 0 Å². The van der Waals surface area contributed by atoms with Crippen molar-refractivity contribution in [3.63, 3.8) is 0 Å². The van der Waals surface area contributed by atoms with E-state index in [9.17, 15) is 0 Å². The lowest BCUT2D eigenvalue weighted by Gasteiger charge is -2.39. The Balaban J connectivity index is 1.77. The first-order valence-electron chi connectivity index (χ1n) is 6.98. The van der Waals surface area contributed by atoms with E-state index in [1.165, 1.54) is 25.7 Å². The van der Waals surface area contributed by atoms with Crippen LogP contribution in [0, 0.1) is 0 Å². The summed E-state index contributed by atoms with van der Waals surface area (Å²) in [7, 11) is 2.25. The van der Waals surface area contributed by atoms with Gasteiger partial charge >= 0.3 is 0 Å². The minimum Gasteiger partial charge on any atom is -0.379 e. The number of hydrogen-bond acceptors (Lipinski definition) is 4. The first kappa shape index (κ1) is 13.3. The summed E-state index contributed by atoms with van der Waals surface area (Å²) >= 11 is 0. The molecule has 0 aromatic heterocycles. The molecule has 2 N–H and O–H groups in total. The fourth-order valence-corrected chi connectivity index (χ4v) is 3.13. The van der Waals surface area contributed by atoms with E-state index in [4.69, 9.17) is 10.5 Å².